The molecular formula is C22H23NO. The predicted molar refractivity (Wildman–Crippen MR) is 101 cm³/mol. The zero-order valence-corrected chi connectivity index (χ0v) is 14.0. The van der Waals surface area contributed by atoms with Gasteiger partial charge in [0.25, 0.3) is 0 Å². The summed E-state index contributed by atoms with van der Waals surface area (Å²) in [7, 11) is 0. The van der Waals surface area contributed by atoms with E-state index in [1.165, 1.54) is 16.7 Å². The molecule has 0 aliphatic rings. The Hall–Kier alpha value is -2.74. The third kappa shape index (κ3) is 4.88. The quantitative estimate of drug-likeness (QED) is 0.644. The predicted octanol–water partition coefficient (Wildman–Crippen LogP) is 5.23. The van der Waals surface area contributed by atoms with Crippen LogP contribution >= 0.6 is 0 Å². The van der Waals surface area contributed by atoms with Crippen molar-refractivity contribution < 1.29 is 4.74 Å². The lowest BCUT2D eigenvalue weighted by Crippen LogP contribution is -2.02. The van der Waals surface area contributed by atoms with E-state index in [9.17, 15) is 0 Å². The summed E-state index contributed by atoms with van der Waals surface area (Å²) in [6, 6.07) is 27.2. The SMILES string of the molecule is Cc1ccc(NCc2ccc(OCCc3ccccc3)cc2)cc1. The minimum absolute atomic E-state index is 0.699. The van der Waals surface area contributed by atoms with E-state index in [4.69, 9.17) is 4.74 Å². The highest BCUT2D eigenvalue weighted by molar-refractivity contribution is 5.45. The number of ether oxygens (including phenoxy) is 1. The zero-order valence-electron chi connectivity index (χ0n) is 14.0. The van der Waals surface area contributed by atoms with Gasteiger partial charge in [-0.2, -0.15) is 0 Å². The molecule has 0 unspecified atom stereocenters. The summed E-state index contributed by atoms with van der Waals surface area (Å²) < 4.78 is 5.82. The van der Waals surface area contributed by atoms with Gasteiger partial charge in [0.05, 0.1) is 6.61 Å². The molecule has 122 valence electrons. The van der Waals surface area contributed by atoms with Gasteiger partial charge in [-0.05, 0) is 42.3 Å². The lowest BCUT2D eigenvalue weighted by molar-refractivity contribution is 0.322. The van der Waals surface area contributed by atoms with Crippen LogP contribution in [-0.2, 0) is 13.0 Å². The minimum atomic E-state index is 0.699. The molecule has 0 atom stereocenters. The van der Waals surface area contributed by atoms with Crippen LogP contribution in [0.1, 0.15) is 16.7 Å². The van der Waals surface area contributed by atoms with Crippen molar-refractivity contribution in [3.8, 4) is 5.75 Å². The molecule has 3 rings (SSSR count). The van der Waals surface area contributed by atoms with Crippen LogP contribution in [0.5, 0.6) is 5.75 Å². The summed E-state index contributed by atoms with van der Waals surface area (Å²) in [5.41, 5.74) is 4.96. The zero-order chi connectivity index (χ0) is 16.6. The first-order chi connectivity index (χ1) is 11.8. The third-order valence-electron chi connectivity index (χ3n) is 3.97. The van der Waals surface area contributed by atoms with Gasteiger partial charge in [0.15, 0.2) is 0 Å². The fourth-order valence-electron chi connectivity index (χ4n) is 2.51. The van der Waals surface area contributed by atoms with Crippen LogP contribution in [0.15, 0.2) is 78.9 Å². The van der Waals surface area contributed by atoms with Crippen molar-refractivity contribution in [2.45, 2.75) is 19.9 Å². The first kappa shape index (κ1) is 16.1. The van der Waals surface area contributed by atoms with Crippen LogP contribution in [0, 0.1) is 6.92 Å². The molecule has 1 N–H and O–H groups in total. The smallest absolute Gasteiger partial charge is 0.119 e. The van der Waals surface area contributed by atoms with Crippen molar-refractivity contribution in [3.63, 3.8) is 0 Å². The minimum Gasteiger partial charge on any atom is -0.493 e. The van der Waals surface area contributed by atoms with E-state index >= 15 is 0 Å². The highest BCUT2D eigenvalue weighted by atomic mass is 16.5. The van der Waals surface area contributed by atoms with E-state index in [-0.39, 0.29) is 0 Å². The lowest BCUT2D eigenvalue weighted by Gasteiger charge is -2.09. The average molecular weight is 317 g/mol. The molecule has 3 aromatic carbocycles. The molecule has 0 bridgehead atoms. The van der Waals surface area contributed by atoms with Crippen LogP contribution in [-0.4, -0.2) is 6.61 Å². The van der Waals surface area contributed by atoms with E-state index in [0.29, 0.717) is 6.61 Å². The number of aryl methyl sites for hydroxylation is 1. The highest BCUT2D eigenvalue weighted by Gasteiger charge is 1.98. The van der Waals surface area contributed by atoms with Crippen LogP contribution in [0.3, 0.4) is 0 Å². The molecule has 0 heterocycles. The Bertz CT molecular complexity index is 733. The van der Waals surface area contributed by atoms with Gasteiger partial charge in [-0.1, -0.05) is 60.2 Å². The van der Waals surface area contributed by atoms with Crippen molar-refractivity contribution in [1.29, 1.82) is 0 Å². The molecule has 0 saturated carbocycles. The molecule has 0 aliphatic heterocycles. The summed E-state index contributed by atoms with van der Waals surface area (Å²) in [5.74, 6) is 0.921. The Kier molecular flexibility index (Phi) is 5.52. The first-order valence-corrected chi connectivity index (χ1v) is 8.36. The summed E-state index contributed by atoms with van der Waals surface area (Å²) in [6.07, 6.45) is 0.928. The average Bonchev–Trinajstić information content (AvgIpc) is 2.63. The normalized spacial score (nSPS) is 10.4. The van der Waals surface area contributed by atoms with Gasteiger partial charge in [0.2, 0.25) is 0 Å². The van der Waals surface area contributed by atoms with Crippen molar-refractivity contribution in [1.82, 2.24) is 0 Å². The molecule has 0 aromatic heterocycles. The van der Waals surface area contributed by atoms with E-state index in [2.05, 4.69) is 72.9 Å². The third-order valence-corrected chi connectivity index (χ3v) is 3.97. The molecule has 24 heavy (non-hydrogen) atoms. The molecular weight excluding hydrogens is 294 g/mol. The standard InChI is InChI=1S/C22H23NO/c1-18-7-11-21(12-8-18)23-17-20-9-13-22(14-10-20)24-16-15-19-5-3-2-4-6-19/h2-14,23H,15-17H2,1H3. The van der Waals surface area contributed by atoms with Crippen LogP contribution in [0.25, 0.3) is 0 Å². The maximum absolute atomic E-state index is 5.82. The number of benzene rings is 3. The van der Waals surface area contributed by atoms with Crippen LogP contribution in [0.4, 0.5) is 5.69 Å². The number of hydrogen-bond acceptors (Lipinski definition) is 2. The van der Waals surface area contributed by atoms with E-state index < -0.39 is 0 Å². The monoisotopic (exact) mass is 317 g/mol. The summed E-state index contributed by atoms with van der Waals surface area (Å²) in [6.45, 7) is 3.61. The van der Waals surface area contributed by atoms with Crippen LogP contribution in [0.2, 0.25) is 0 Å². The molecule has 3 aromatic rings. The summed E-state index contributed by atoms with van der Waals surface area (Å²) >= 11 is 0. The molecule has 0 saturated heterocycles. The van der Waals surface area contributed by atoms with E-state index in [1.807, 2.05) is 18.2 Å². The Labute approximate surface area is 144 Å². The van der Waals surface area contributed by atoms with Crippen molar-refractivity contribution in [3.05, 3.63) is 95.6 Å². The number of rotatable bonds is 7. The van der Waals surface area contributed by atoms with Crippen molar-refractivity contribution in [2.75, 3.05) is 11.9 Å². The van der Waals surface area contributed by atoms with Crippen LogP contribution < -0.4 is 10.1 Å². The van der Waals surface area contributed by atoms with Gasteiger partial charge < -0.3 is 10.1 Å². The van der Waals surface area contributed by atoms with Gasteiger partial charge in [-0.15, -0.1) is 0 Å². The first-order valence-electron chi connectivity index (χ1n) is 8.36. The second-order valence-corrected chi connectivity index (χ2v) is 5.95. The second-order valence-electron chi connectivity index (χ2n) is 5.95. The van der Waals surface area contributed by atoms with Gasteiger partial charge in [0, 0.05) is 18.7 Å². The van der Waals surface area contributed by atoms with Crippen molar-refractivity contribution in [2.24, 2.45) is 0 Å². The van der Waals surface area contributed by atoms with Gasteiger partial charge in [-0.25, -0.2) is 0 Å². The molecule has 2 nitrogen and oxygen atoms in total. The topological polar surface area (TPSA) is 21.3 Å². The molecule has 2 heteroatoms. The number of anilines is 1. The number of nitrogens with one attached hydrogen (secondary N) is 1. The molecule has 0 radical (unpaired) electrons. The van der Waals surface area contributed by atoms with Crippen molar-refractivity contribution >= 4 is 5.69 Å². The van der Waals surface area contributed by atoms with Gasteiger partial charge in [0.1, 0.15) is 5.75 Å². The summed E-state index contributed by atoms with van der Waals surface area (Å²) in [5, 5.41) is 3.43. The van der Waals surface area contributed by atoms with E-state index in [0.717, 1.165) is 24.4 Å². The number of hydrogen-bond donors (Lipinski definition) is 1. The molecule has 0 amide bonds. The van der Waals surface area contributed by atoms with E-state index in [1.54, 1.807) is 0 Å². The lowest BCUT2D eigenvalue weighted by atomic mass is 10.2. The Morgan fingerprint density at radius 2 is 1.46 bits per heavy atom. The Morgan fingerprint density at radius 3 is 2.17 bits per heavy atom. The second kappa shape index (κ2) is 8.21. The maximum Gasteiger partial charge on any atom is 0.119 e. The van der Waals surface area contributed by atoms with Gasteiger partial charge in [-0.3, -0.25) is 0 Å². The fraction of sp³-hybridized carbons (Fsp3) is 0.182. The Balaban J connectivity index is 1.45. The largest absolute Gasteiger partial charge is 0.493 e. The Morgan fingerprint density at radius 1 is 0.750 bits per heavy atom. The molecule has 0 spiro atoms. The highest BCUT2D eigenvalue weighted by Crippen LogP contribution is 2.15. The fourth-order valence-corrected chi connectivity index (χ4v) is 2.51. The molecule has 0 aliphatic carbocycles. The molecule has 0 fully saturated rings. The summed E-state index contributed by atoms with van der Waals surface area (Å²) in [4.78, 5) is 0. The van der Waals surface area contributed by atoms with Gasteiger partial charge >= 0.3 is 0 Å². The maximum atomic E-state index is 5.82.